The normalized spacial score (nSPS) is 20.9. The average Bonchev–Trinajstić information content (AvgIpc) is 2.94. The van der Waals surface area contributed by atoms with Gasteiger partial charge in [0, 0.05) is 13.1 Å². The number of thiocarbonyl (C=S) groups is 1. The Morgan fingerprint density at radius 3 is 2.83 bits per heavy atom. The van der Waals surface area contributed by atoms with Crippen LogP contribution in [0.2, 0.25) is 0 Å². The van der Waals surface area contributed by atoms with Gasteiger partial charge in [-0.15, -0.1) is 0 Å². The summed E-state index contributed by atoms with van der Waals surface area (Å²) >= 11 is 4.73. The number of ether oxygens (including phenoxy) is 2. The van der Waals surface area contributed by atoms with Gasteiger partial charge in [0.05, 0.1) is 37.7 Å². The zero-order chi connectivity index (χ0) is 17.1. The summed E-state index contributed by atoms with van der Waals surface area (Å²) in [5.74, 6) is -0.369. The molecule has 1 amide bonds. The van der Waals surface area contributed by atoms with Crippen molar-refractivity contribution in [3.8, 4) is 0 Å². The lowest BCUT2D eigenvalue weighted by molar-refractivity contribution is 0.122. The highest BCUT2D eigenvalue weighted by Crippen LogP contribution is 2.28. The van der Waals surface area contributed by atoms with Crippen LogP contribution in [-0.2, 0) is 9.47 Å². The van der Waals surface area contributed by atoms with Crippen LogP contribution in [0.3, 0.4) is 0 Å². The standard InChI is InChI=1S/C15H19FN4O3S/c16-12-7-10(1-2-13(12)19-3-5-22-6-4-19)20-9-11(23-15(20)21)8-18-14(17)24/h1-2,7,11H,3-6,8-9H2,(H3,17,18,24)/t11-/m0/s1. The van der Waals surface area contributed by atoms with Crippen molar-refractivity contribution in [2.75, 3.05) is 49.2 Å². The maximum atomic E-state index is 14.5. The van der Waals surface area contributed by atoms with Gasteiger partial charge in [0.15, 0.2) is 5.11 Å². The first-order chi connectivity index (χ1) is 11.5. The van der Waals surface area contributed by atoms with E-state index in [-0.39, 0.29) is 17.0 Å². The van der Waals surface area contributed by atoms with Crippen LogP contribution in [0.15, 0.2) is 18.2 Å². The first-order valence-electron chi connectivity index (χ1n) is 7.68. The highest BCUT2D eigenvalue weighted by atomic mass is 32.1. The van der Waals surface area contributed by atoms with E-state index in [4.69, 9.17) is 27.4 Å². The largest absolute Gasteiger partial charge is 0.442 e. The predicted molar refractivity (Wildman–Crippen MR) is 91.8 cm³/mol. The summed E-state index contributed by atoms with van der Waals surface area (Å²) in [6.07, 6.45) is -0.899. The fourth-order valence-electron chi connectivity index (χ4n) is 2.78. The molecule has 2 saturated heterocycles. The molecule has 1 atom stereocenters. The Bertz CT molecular complexity index is 639. The van der Waals surface area contributed by atoms with Gasteiger partial charge in [-0.2, -0.15) is 0 Å². The molecule has 0 unspecified atom stereocenters. The van der Waals surface area contributed by atoms with Gasteiger partial charge >= 0.3 is 6.09 Å². The van der Waals surface area contributed by atoms with E-state index in [9.17, 15) is 9.18 Å². The smallest absolute Gasteiger partial charge is 0.414 e. The van der Waals surface area contributed by atoms with Crippen LogP contribution < -0.4 is 20.9 Å². The molecule has 24 heavy (non-hydrogen) atoms. The second-order valence-electron chi connectivity index (χ2n) is 5.60. The van der Waals surface area contributed by atoms with Crippen LogP contribution in [0, 0.1) is 5.82 Å². The Kier molecular flexibility index (Phi) is 5.00. The van der Waals surface area contributed by atoms with Gasteiger partial charge in [0.2, 0.25) is 0 Å². The van der Waals surface area contributed by atoms with Gasteiger partial charge in [0.25, 0.3) is 0 Å². The summed E-state index contributed by atoms with van der Waals surface area (Å²) in [7, 11) is 0. The third-order valence-electron chi connectivity index (χ3n) is 3.97. The number of carbonyl (C=O) groups is 1. The number of benzene rings is 1. The fourth-order valence-corrected chi connectivity index (χ4v) is 2.86. The van der Waals surface area contributed by atoms with Crippen LogP contribution in [0.5, 0.6) is 0 Å². The number of anilines is 2. The van der Waals surface area contributed by atoms with Crippen molar-refractivity contribution >= 4 is 34.8 Å². The second kappa shape index (κ2) is 7.18. The zero-order valence-corrected chi connectivity index (χ0v) is 13.9. The lowest BCUT2D eigenvalue weighted by Gasteiger charge is -2.29. The van der Waals surface area contributed by atoms with E-state index >= 15 is 0 Å². The van der Waals surface area contributed by atoms with E-state index in [0.717, 1.165) is 0 Å². The van der Waals surface area contributed by atoms with Crippen molar-refractivity contribution in [2.45, 2.75) is 6.10 Å². The van der Waals surface area contributed by atoms with E-state index in [2.05, 4.69) is 5.32 Å². The molecule has 2 aliphatic rings. The molecule has 9 heteroatoms. The van der Waals surface area contributed by atoms with E-state index in [1.807, 2.05) is 4.90 Å². The highest BCUT2D eigenvalue weighted by molar-refractivity contribution is 7.80. The Morgan fingerprint density at radius 1 is 1.42 bits per heavy atom. The maximum Gasteiger partial charge on any atom is 0.414 e. The highest BCUT2D eigenvalue weighted by Gasteiger charge is 2.32. The molecule has 7 nitrogen and oxygen atoms in total. The van der Waals surface area contributed by atoms with Gasteiger partial charge in [-0.3, -0.25) is 4.90 Å². The molecule has 0 aromatic heterocycles. The number of halogens is 1. The molecule has 1 aromatic rings. The lowest BCUT2D eigenvalue weighted by atomic mass is 10.2. The van der Waals surface area contributed by atoms with Crippen molar-refractivity contribution in [3.63, 3.8) is 0 Å². The number of hydrogen-bond acceptors (Lipinski definition) is 5. The van der Waals surface area contributed by atoms with Crippen LogP contribution in [0.4, 0.5) is 20.6 Å². The minimum Gasteiger partial charge on any atom is -0.442 e. The average molecular weight is 354 g/mol. The molecular formula is C15H19FN4O3S. The predicted octanol–water partition coefficient (Wildman–Crippen LogP) is 0.821. The molecular weight excluding hydrogens is 335 g/mol. The van der Waals surface area contributed by atoms with E-state index in [1.165, 1.54) is 11.0 Å². The molecule has 130 valence electrons. The first kappa shape index (κ1) is 16.7. The molecule has 0 aliphatic carbocycles. The van der Waals surface area contributed by atoms with Crippen molar-refractivity contribution < 1.29 is 18.7 Å². The molecule has 3 N–H and O–H groups in total. The molecule has 0 spiro atoms. The van der Waals surface area contributed by atoms with Crippen molar-refractivity contribution in [1.29, 1.82) is 0 Å². The van der Waals surface area contributed by atoms with Gasteiger partial charge in [-0.25, -0.2) is 9.18 Å². The number of nitrogens with one attached hydrogen (secondary N) is 1. The maximum absolute atomic E-state index is 14.5. The molecule has 3 rings (SSSR count). The monoisotopic (exact) mass is 354 g/mol. The number of rotatable bonds is 4. The number of nitrogens with zero attached hydrogens (tertiary/aromatic N) is 2. The Hall–Kier alpha value is -2.13. The quantitative estimate of drug-likeness (QED) is 0.775. The minimum atomic E-state index is -0.511. The molecule has 1 aromatic carbocycles. The molecule has 2 aliphatic heterocycles. The number of morpholine rings is 1. The summed E-state index contributed by atoms with van der Waals surface area (Å²) in [6.45, 7) is 3.09. The first-order valence-corrected chi connectivity index (χ1v) is 8.09. The number of carbonyl (C=O) groups excluding carboxylic acids is 1. The zero-order valence-electron chi connectivity index (χ0n) is 13.0. The van der Waals surface area contributed by atoms with Gasteiger partial charge in [-0.1, -0.05) is 0 Å². The van der Waals surface area contributed by atoms with Gasteiger partial charge in [-0.05, 0) is 30.4 Å². The third kappa shape index (κ3) is 3.68. The number of cyclic esters (lactones) is 1. The van der Waals surface area contributed by atoms with Crippen molar-refractivity contribution in [1.82, 2.24) is 5.32 Å². The molecule has 2 heterocycles. The lowest BCUT2D eigenvalue weighted by Crippen LogP contribution is -2.37. The third-order valence-corrected chi connectivity index (χ3v) is 4.12. The Labute approximate surface area is 144 Å². The van der Waals surface area contributed by atoms with Gasteiger partial charge in [0.1, 0.15) is 11.9 Å². The SMILES string of the molecule is NC(=S)NC[C@H]1CN(c2ccc(N3CCOCC3)c(F)c2)C(=O)O1. The summed E-state index contributed by atoms with van der Waals surface area (Å²) in [6, 6.07) is 4.76. The summed E-state index contributed by atoms with van der Waals surface area (Å²) < 4.78 is 25.0. The minimum absolute atomic E-state index is 0.144. The Balaban J connectivity index is 1.69. The Morgan fingerprint density at radius 2 is 2.17 bits per heavy atom. The number of hydrogen-bond donors (Lipinski definition) is 2. The summed E-state index contributed by atoms with van der Waals surface area (Å²) in [4.78, 5) is 15.3. The van der Waals surface area contributed by atoms with Crippen LogP contribution in [0.1, 0.15) is 0 Å². The van der Waals surface area contributed by atoms with Crippen LogP contribution in [0.25, 0.3) is 0 Å². The van der Waals surface area contributed by atoms with Crippen molar-refractivity contribution in [3.05, 3.63) is 24.0 Å². The van der Waals surface area contributed by atoms with Crippen molar-refractivity contribution in [2.24, 2.45) is 5.73 Å². The second-order valence-corrected chi connectivity index (χ2v) is 6.04. The molecule has 0 radical (unpaired) electrons. The van der Waals surface area contributed by atoms with Gasteiger partial charge < -0.3 is 25.4 Å². The topological polar surface area (TPSA) is 80.1 Å². The summed E-state index contributed by atoms with van der Waals surface area (Å²) in [5, 5.41) is 2.90. The number of nitrogens with two attached hydrogens (primary N) is 1. The summed E-state index contributed by atoms with van der Waals surface area (Å²) in [5.41, 5.74) is 6.34. The molecule has 0 saturated carbocycles. The van der Waals surface area contributed by atoms with E-state index in [1.54, 1.807) is 12.1 Å². The fraction of sp³-hybridized carbons (Fsp3) is 0.467. The molecule has 0 bridgehead atoms. The van der Waals surface area contributed by atoms with E-state index < -0.39 is 6.09 Å². The van der Waals surface area contributed by atoms with E-state index in [0.29, 0.717) is 50.8 Å². The molecule has 2 fully saturated rings. The van der Waals surface area contributed by atoms with Crippen LogP contribution >= 0.6 is 12.2 Å². The number of amides is 1. The van der Waals surface area contributed by atoms with Crippen LogP contribution in [-0.4, -0.2) is 56.7 Å².